The molecule has 28 heavy (non-hydrogen) atoms. The Morgan fingerprint density at radius 3 is 2.57 bits per heavy atom. The van der Waals surface area contributed by atoms with Crippen LogP contribution in [-0.2, 0) is 11.3 Å². The van der Waals surface area contributed by atoms with E-state index in [1.165, 1.54) is 31.2 Å². The molecule has 0 saturated heterocycles. The van der Waals surface area contributed by atoms with Crippen LogP contribution in [0.4, 0.5) is 17.6 Å². The largest absolute Gasteiger partial charge is 0.573 e. The van der Waals surface area contributed by atoms with Crippen molar-refractivity contribution in [1.82, 2.24) is 4.57 Å². The molecule has 0 N–H and O–H groups in total. The average Bonchev–Trinajstić information content (AvgIpc) is 2.79. The molecule has 0 spiro atoms. The zero-order valence-electron chi connectivity index (χ0n) is 14.7. The number of benzene rings is 2. The van der Waals surface area contributed by atoms with Gasteiger partial charge in [0, 0.05) is 18.9 Å². The van der Waals surface area contributed by atoms with E-state index in [4.69, 9.17) is 16.3 Å². The number of halogens is 5. The number of hydrogen-bond donors (Lipinski definition) is 0. The van der Waals surface area contributed by atoms with Gasteiger partial charge in [0.2, 0.25) is 0 Å². The van der Waals surface area contributed by atoms with Gasteiger partial charge in [-0.05, 0) is 36.8 Å². The van der Waals surface area contributed by atoms with Crippen LogP contribution in [0.5, 0.6) is 11.5 Å². The van der Waals surface area contributed by atoms with E-state index in [9.17, 15) is 22.4 Å². The fourth-order valence-corrected chi connectivity index (χ4v) is 3.10. The van der Waals surface area contributed by atoms with Crippen LogP contribution in [0.25, 0.3) is 10.9 Å². The first-order chi connectivity index (χ1) is 13.0. The van der Waals surface area contributed by atoms with Gasteiger partial charge in [0.05, 0.1) is 16.2 Å². The van der Waals surface area contributed by atoms with Crippen LogP contribution in [0.1, 0.15) is 18.2 Å². The normalized spacial score (nSPS) is 11.7. The number of esters is 1. The van der Waals surface area contributed by atoms with Gasteiger partial charge >= 0.3 is 12.3 Å². The molecule has 0 aliphatic heterocycles. The van der Waals surface area contributed by atoms with E-state index in [0.717, 1.165) is 6.07 Å². The SMILES string of the molecule is CC(=O)Oc1c(C)n(Cc2cccc(OC(F)(F)F)c2)c2cc(Cl)c(F)cc12. The first kappa shape index (κ1) is 20.0. The molecule has 2 aromatic carbocycles. The fourth-order valence-electron chi connectivity index (χ4n) is 2.94. The Hall–Kier alpha value is -2.74. The van der Waals surface area contributed by atoms with Crippen molar-refractivity contribution in [3.63, 3.8) is 0 Å². The molecule has 0 fully saturated rings. The molecule has 0 radical (unpaired) electrons. The number of ether oxygens (including phenoxy) is 2. The molecule has 0 unspecified atom stereocenters. The summed E-state index contributed by atoms with van der Waals surface area (Å²) >= 11 is 5.89. The lowest BCUT2D eigenvalue weighted by Crippen LogP contribution is -2.17. The summed E-state index contributed by atoms with van der Waals surface area (Å²) in [7, 11) is 0. The second-order valence-corrected chi connectivity index (χ2v) is 6.48. The van der Waals surface area contributed by atoms with Gasteiger partial charge < -0.3 is 14.0 Å². The summed E-state index contributed by atoms with van der Waals surface area (Å²) in [6.07, 6.45) is -4.80. The lowest BCUT2D eigenvalue weighted by atomic mass is 10.2. The minimum atomic E-state index is -4.80. The Morgan fingerprint density at radius 1 is 1.21 bits per heavy atom. The highest BCUT2D eigenvalue weighted by molar-refractivity contribution is 6.31. The van der Waals surface area contributed by atoms with Crippen molar-refractivity contribution >= 4 is 28.5 Å². The quantitative estimate of drug-likeness (QED) is 0.410. The zero-order valence-corrected chi connectivity index (χ0v) is 15.5. The summed E-state index contributed by atoms with van der Waals surface area (Å²) < 4.78 is 62.1. The van der Waals surface area contributed by atoms with E-state index in [-0.39, 0.29) is 23.1 Å². The molecule has 4 nitrogen and oxygen atoms in total. The van der Waals surface area contributed by atoms with E-state index in [0.29, 0.717) is 22.2 Å². The molecule has 1 heterocycles. The number of alkyl halides is 3. The molecule has 0 bridgehead atoms. The van der Waals surface area contributed by atoms with Crippen molar-refractivity contribution in [3.05, 3.63) is 58.5 Å². The Labute approximate surface area is 162 Å². The monoisotopic (exact) mass is 415 g/mol. The molecule has 148 valence electrons. The third-order valence-electron chi connectivity index (χ3n) is 4.03. The molecule has 9 heteroatoms. The Bertz CT molecular complexity index is 1060. The first-order valence-corrected chi connectivity index (χ1v) is 8.44. The number of aromatic nitrogens is 1. The molecule has 0 atom stereocenters. The highest BCUT2D eigenvalue weighted by atomic mass is 35.5. The van der Waals surface area contributed by atoms with Crippen LogP contribution in [-0.4, -0.2) is 16.9 Å². The average molecular weight is 416 g/mol. The molecule has 3 aromatic rings. The fraction of sp³-hybridized carbons (Fsp3) is 0.211. The lowest BCUT2D eigenvalue weighted by molar-refractivity contribution is -0.274. The van der Waals surface area contributed by atoms with Gasteiger partial charge in [-0.15, -0.1) is 13.2 Å². The van der Waals surface area contributed by atoms with Gasteiger partial charge in [-0.3, -0.25) is 4.79 Å². The smallest absolute Gasteiger partial charge is 0.424 e. The number of fused-ring (bicyclic) bond motifs is 1. The Balaban J connectivity index is 2.08. The van der Waals surface area contributed by atoms with Crippen LogP contribution in [0.3, 0.4) is 0 Å². The van der Waals surface area contributed by atoms with E-state index >= 15 is 0 Å². The van der Waals surface area contributed by atoms with Gasteiger partial charge in [-0.2, -0.15) is 0 Å². The van der Waals surface area contributed by atoms with Gasteiger partial charge in [-0.25, -0.2) is 4.39 Å². The third kappa shape index (κ3) is 4.22. The maximum Gasteiger partial charge on any atom is 0.573 e. The number of nitrogens with zero attached hydrogens (tertiary/aromatic N) is 1. The zero-order chi connectivity index (χ0) is 20.6. The summed E-state index contributed by atoms with van der Waals surface area (Å²) in [5, 5.41) is 0.201. The molecule has 1 aromatic heterocycles. The molecular weight excluding hydrogens is 402 g/mol. The second kappa shape index (κ2) is 7.35. The topological polar surface area (TPSA) is 40.5 Å². The minimum absolute atomic E-state index is 0.126. The van der Waals surface area contributed by atoms with Crippen molar-refractivity contribution < 1.29 is 31.8 Å². The predicted molar refractivity (Wildman–Crippen MR) is 95.2 cm³/mol. The maximum atomic E-state index is 13.9. The minimum Gasteiger partial charge on any atom is -0.424 e. The van der Waals surface area contributed by atoms with E-state index in [1.807, 2.05) is 0 Å². The van der Waals surface area contributed by atoms with Gasteiger partial charge in [-0.1, -0.05) is 23.7 Å². The van der Waals surface area contributed by atoms with Crippen LogP contribution >= 0.6 is 11.6 Å². The predicted octanol–water partition coefficient (Wildman–Crippen LogP) is 5.61. The number of carbonyl (C=O) groups excluding carboxylic acids is 1. The van der Waals surface area contributed by atoms with Crippen LogP contribution in [0.2, 0.25) is 5.02 Å². The van der Waals surface area contributed by atoms with E-state index in [2.05, 4.69) is 4.74 Å². The standard InChI is InChI=1S/C19H14ClF4NO3/c1-10-18(27-11(2)26)14-7-16(21)15(20)8-17(14)25(10)9-12-4-3-5-13(6-12)28-19(22,23)24/h3-8H,9H2,1-2H3. The summed E-state index contributed by atoms with van der Waals surface area (Å²) in [4.78, 5) is 11.4. The van der Waals surface area contributed by atoms with E-state index < -0.39 is 18.1 Å². The highest BCUT2D eigenvalue weighted by Gasteiger charge is 2.31. The van der Waals surface area contributed by atoms with Crippen molar-refractivity contribution in [2.24, 2.45) is 0 Å². The van der Waals surface area contributed by atoms with Crippen LogP contribution in [0.15, 0.2) is 36.4 Å². The highest BCUT2D eigenvalue weighted by Crippen LogP contribution is 2.36. The summed E-state index contributed by atoms with van der Waals surface area (Å²) in [5.41, 5.74) is 1.47. The van der Waals surface area contributed by atoms with Gasteiger partial charge in [0.15, 0.2) is 5.75 Å². The van der Waals surface area contributed by atoms with Crippen LogP contribution < -0.4 is 9.47 Å². The molecule has 3 rings (SSSR count). The number of rotatable bonds is 4. The van der Waals surface area contributed by atoms with Crippen molar-refractivity contribution in [3.8, 4) is 11.5 Å². The summed E-state index contributed by atoms with van der Waals surface area (Å²) in [6.45, 7) is 2.99. The number of carbonyl (C=O) groups is 1. The molecule has 0 amide bonds. The van der Waals surface area contributed by atoms with Crippen LogP contribution in [0, 0.1) is 12.7 Å². The first-order valence-electron chi connectivity index (χ1n) is 8.06. The number of hydrogen-bond acceptors (Lipinski definition) is 3. The van der Waals surface area contributed by atoms with Crippen molar-refractivity contribution in [2.45, 2.75) is 26.8 Å². The molecule has 0 aliphatic rings. The summed E-state index contributed by atoms with van der Waals surface area (Å²) in [5.74, 6) is -1.46. The van der Waals surface area contributed by atoms with E-state index in [1.54, 1.807) is 17.6 Å². The maximum absolute atomic E-state index is 13.9. The van der Waals surface area contributed by atoms with Crippen molar-refractivity contribution in [2.75, 3.05) is 0 Å². The summed E-state index contributed by atoms with van der Waals surface area (Å²) in [6, 6.07) is 8.01. The lowest BCUT2D eigenvalue weighted by Gasteiger charge is -2.12. The van der Waals surface area contributed by atoms with Gasteiger partial charge in [0.25, 0.3) is 0 Å². The Morgan fingerprint density at radius 2 is 1.93 bits per heavy atom. The van der Waals surface area contributed by atoms with Gasteiger partial charge in [0.1, 0.15) is 11.6 Å². The molecule has 0 aliphatic carbocycles. The second-order valence-electron chi connectivity index (χ2n) is 6.07. The molecular formula is C19H14ClF4NO3. The Kier molecular flexibility index (Phi) is 5.25. The third-order valence-corrected chi connectivity index (χ3v) is 4.32. The molecule has 0 saturated carbocycles. The van der Waals surface area contributed by atoms with Crippen molar-refractivity contribution in [1.29, 1.82) is 0 Å².